The average molecular weight is 365 g/mol. The van der Waals surface area contributed by atoms with Crippen molar-refractivity contribution in [3.8, 4) is 0 Å². The van der Waals surface area contributed by atoms with Crippen molar-refractivity contribution in [1.29, 1.82) is 0 Å². The van der Waals surface area contributed by atoms with Crippen molar-refractivity contribution in [3.05, 3.63) is 60.8 Å². The maximum absolute atomic E-state index is 12.5. The number of aromatic amines is 1. The summed E-state index contributed by atoms with van der Waals surface area (Å²) in [5, 5.41) is 2.02. The summed E-state index contributed by atoms with van der Waals surface area (Å²) >= 11 is 1.51. The summed E-state index contributed by atoms with van der Waals surface area (Å²) in [6.07, 6.45) is 1.93. The molecule has 0 aliphatic carbocycles. The van der Waals surface area contributed by atoms with Gasteiger partial charge in [0.05, 0.1) is 35.6 Å². The standard InChI is InChI=1S/C20H20N4OS/c25-20(15-26-19-9-8-16-5-1-2-6-17(16)22-19)24-13-11-23(12-14-24)18-7-3-4-10-21-18/h1-10H,11-15H2/p+1. The molecule has 2 aromatic heterocycles. The fraction of sp³-hybridized carbons (Fsp3) is 0.250. The zero-order chi connectivity index (χ0) is 17.8. The predicted octanol–water partition coefficient (Wildman–Crippen LogP) is 2.49. The summed E-state index contributed by atoms with van der Waals surface area (Å²) in [5.74, 6) is 1.72. The number of benzene rings is 1. The Morgan fingerprint density at radius 3 is 2.62 bits per heavy atom. The monoisotopic (exact) mass is 365 g/mol. The fourth-order valence-corrected chi connectivity index (χ4v) is 3.91. The van der Waals surface area contributed by atoms with Crippen LogP contribution in [0.2, 0.25) is 0 Å². The lowest BCUT2D eigenvalue weighted by Crippen LogP contribution is -2.50. The molecule has 6 heteroatoms. The van der Waals surface area contributed by atoms with Gasteiger partial charge in [0.15, 0.2) is 0 Å². The van der Waals surface area contributed by atoms with E-state index in [1.165, 1.54) is 11.8 Å². The Kier molecular flexibility index (Phi) is 5.02. The minimum atomic E-state index is 0.182. The summed E-state index contributed by atoms with van der Waals surface area (Å²) in [5.41, 5.74) is 0.970. The number of carbonyl (C=O) groups excluding carboxylic acids is 1. The molecule has 1 aromatic carbocycles. The number of pyridine rings is 2. The number of anilines is 1. The van der Waals surface area contributed by atoms with Crippen molar-refractivity contribution in [2.75, 3.05) is 36.8 Å². The average Bonchev–Trinajstić information content (AvgIpc) is 2.72. The Labute approximate surface area is 157 Å². The lowest BCUT2D eigenvalue weighted by atomic mass is 10.2. The number of nitrogens with one attached hydrogen (secondary N) is 1. The molecule has 1 aliphatic heterocycles. The second-order valence-corrected chi connectivity index (χ2v) is 7.24. The van der Waals surface area contributed by atoms with Gasteiger partial charge in [-0.2, -0.15) is 0 Å². The summed E-state index contributed by atoms with van der Waals surface area (Å²) in [7, 11) is 0. The minimum absolute atomic E-state index is 0.182. The van der Waals surface area contributed by atoms with Gasteiger partial charge in [0, 0.05) is 11.5 Å². The van der Waals surface area contributed by atoms with E-state index in [1.54, 1.807) is 0 Å². The first kappa shape index (κ1) is 16.8. The zero-order valence-electron chi connectivity index (χ0n) is 14.5. The Morgan fingerprint density at radius 2 is 1.81 bits per heavy atom. The largest absolute Gasteiger partial charge is 0.334 e. The van der Waals surface area contributed by atoms with E-state index < -0.39 is 0 Å². The van der Waals surface area contributed by atoms with Crippen LogP contribution < -0.4 is 9.88 Å². The molecule has 5 nitrogen and oxygen atoms in total. The number of nitrogens with zero attached hydrogens (tertiary/aromatic N) is 3. The zero-order valence-corrected chi connectivity index (χ0v) is 15.3. The van der Waals surface area contributed by atoms with Gasteiger partial charge >= 0.3 is 0 Å². The Hall–Kier alpha value is -2.60. The van der Waals surface area contributed by atoms with Crippen molar-refractivity contribution in [2.24, 2.45) is 0 Å². The van der Waals surface area contributed by atoms with E-state index in [-0.39, 0.29) is 5.91 Å². The third-order valence-corrected chi connectivity index (χ3v) is 5.50. The van der Waals surface area contributed by atoms with Gasteiger partial charge in [-0.25, -0.2) is 9.97 Å². The molecule has 1 amide bonds. The highest BCUT2D eigenvalue weighted by atomic mass is 32.2. The second-order valence-electron chi connectivity index (χ2n) is 6.25. The molecule has 0 spiro atoms. The van der Waals surface area contributed by atoms with Crippen molar-refractivity contribution >= 4 is 34.4 Å². The van der Waals surface area contributed by atoms with Gasteiger partial charge in [0.1, 0.15) is 13.1 Å². The molecule has 0 radical (unpaired) electrons. The van der Waals surface area contributed by atoms with E-state index in [0.717, 1.165) is 47.9 Å². The number of amides is 1. The van der Waals surface area contributed by atoms with Crippen LogP contribution in [0.3, 0.4) is 0 Å². The number of carbonyl (C=O) groups is 1. The summed E-state index contributed by atoms with van der Waals surface area (Å²) in [6, 6.07) is 18.2. The van der Waals surface area contributed by atoms with Gasteiger partial charge in [0.2, 0.25) is 5.91 Å². The van der Waals surface area contributed by atoms with E-state index in [2.05, 4.69) is 27.0 Å². The maximum atomic E-state index is 12.5. The van der Waals surface area contributed by atoms with Gasteiger partial charge in [0.25, 0.3) is 5.82 Å². The van der Waals surface area contributed by atoms with Crippen molar-refractivity contribution in [3.63, 3.8) is 0 Å². The molecule has 26 heavy (non-hydrogen) atoms. The van der Waals surface area contributed by atoms with Crippen LogP contribution in [-0.2, 0) is 4.79 Å². The topological polar surface area (TPSA) is 50.6 Å². The van der Waals surface area contributed by atoms with Crippen molar-refractivity contribution < 1.29 is 9.78 Å². The minimum Gasteiger partial charge on any atom is -0.334 e. The molecular formula is C20H21N4OS+. The van der Waals surface area contributed by atoms with Crippen LogP contribution in [0.5, 0.6) is 0 Å². The molecule has 0 unspecified atom stereocenters. The van der Waals surface area contributed by atoms with Crippen LogP contribution in [0, 0.1) is 0 Å². The van der Waals surface area contributed by atoms with Crippen LogP contribution in [0.1, 0.15) is 0 Å². The van der Waals surface area contributed by atoms with Crippen molar-refractivity contribution in [2.45, 2.75) is 5.03 Å². The van der Waals surface area contributed by atoms with Crippen LogP contribution in [0.25, 0.3) is 10.9 Å². The fourth-order valence-electron chi connectivity index (χ4n) is 3.13. The molecule has 1 saturated heterocycles. The van der Waals surface area contributed by atoms with E-state index in [9.17, 15) is 4.79 Å². The first-order valence-corrected chi connectivity index (χ1v) is 9.76. The number of para-hydroxylation sites is 1. The highest BCUT2D eigenvalue weighted by Gasteiger charge is 2.25. The normalized spacial score (nSPS) is 14.6. The number of thioether (sulfide) groups is 1. The van der Waals surface area contributed by atoms with Gasteiger partial charge in [-0.1, -0.05) is 42.1 Å². The molecule has 1 aliphatic rings. The molecule has 0 saturated carbocycles. The number of piperazine rings is 1. The van der Waals surface area contributed by atoms with Crippen LogP contribution in [-0.4, -0.2) is 47.7 Å². The number of fused-ring (bicyclic) bond motifs is 1. The Balaban J connectivity index is 1.31. The molecule has 1 N–H and O–H groups in total. The first-order chi connectivity index (χ1) is 12.8. The highest BCUT2D eigenvalue weighted by molar-refractivity contribution is 7.99. The van der Waals surface area contributed by atoms with Gasteiger partial charge in [-0.15, -0.1) is 0 Å². The third kappa shape index (κ3) is 3.80. The first-order valence-electron chi connectivity index (χ1n) is 8.78. The molecule has 0 atom stereocenters. The molecule has 0 bridgehead atoms. The quantitative estimate of drug-likeness (QED) is 0.667. The maximum Gasteiger partial charge on any atom is 0.274 e. The number of hydrogen-bond donors (Lipinski definition) is 0. The number of aromatic nitrogens is 2. The Morgan fingerprint density at radius 1 is 1.00 bits per heavy atom. The smallest absolute Gasteiger partial charge is 0.274 e. The van der Waals surface area contributed by atoms with Crippen LogP contribution in [0.4, 0.5) is 5.82 Å². The molecule has 4 rings (SSSR count). The van der Waals surface area contributed by atoms with E-state index in [4.69, 9.17) is 0 Å². The van der Waals surface area contributed by atoms with Gasteiger partial charge in [-0.05, 0) is 18.2 Å². The van der Waals surface area contributed by atoms with E-state index in [0.29, 0.717) is 5.75 Å². The molecule has 1 fully saturated rings. The van der Waals surface area contributed by atoms with E-state index in [1.807, 2.05) is 53.6 Å². The summed E-state index contributed by atoms with van der Waals surface area (Å²) < 4.78 is 0. The summed E-state index contributed by atoms with van der Waals surface area (Å²) in [6.45, 7) is 3.22. The van der Waals surface area contributed by atoms with Crippen LogP contribution in [0.15, 0.2) is 65.8 Å². The number of hydrogen-bond acceptors (Lipinski definition) is 4. The lowest BCUT2D eigenvalue weighted by Gasteiger charge is -2.30. The molecule has 3 aromatic rings. The number of rotatable bonds is 4. The van der Waals surface area contributed by atoms with Crippen molar-refractivity contribution in [1.82, 2.24) is 9.88 Å². The Bertz CT molecular complexity index is 894. The van der Waals surface area contributed by atoms with Gasteiger partial charge < -0.3 is 4.90 Å². The lowest BCUT2D eigenvalue weighted by molar-refractivity contribution is -0.364. The SMILES string of the molecule is O=C(CSc1ccc2ccccc2n1)N1CCN(c2cccc[nH+]2)CC1. The van der Waals surface area contributed by atoms with Crippen LogP contribution >= 0.6 is 11.8 Å². The predicted molar refractivity (Wildman–Crippen MR) is 104 cm³/mol. The van der Waals surface area contributed by atoms with E-state index >= 15 is 0 Å². The molecule has 132 valence electrons. The summed E-state index contributed by atoms with van der Waals surface area (Å²) in [4.78, 5) is 24.6. The molecular weight excluding hydrogens is 344 g/mol. The second kappa shape index (κ2) is 7.74. The molecule has 3 heterocycles. The number of H-pyrrole nitrogens is 1. The van der Waals surface area contributed by atoms with Gasteiger partial charge in [-0.3, -0.25) is 9.69 Å². The highest BCUT2D eigenvalue weighted by Crippen LogP contribution is 2.20. The third-order valence-electron chi connectivity index (χ3n) is 4.58.